The van der Waals surface area contributed by atoms with Gasteiger partial charge in [-0.3, -0.25) is 4.79 Å². The molecule has 0 spiro atoms. The number of hydrazone groups is 1. The van der Waals surface area contributed by atoms with Crippen LogP contribution in [0.4, 0.5) is 8.78 Å². The molecule has 0 radical (unpaired) electrons. The molecule has 2 aromatic rings. The van der Waals surface area contributed by atoms with Crippen molar-refractivity contribution in [3.63, 3.8) is 0 Å². The monoisotopic (exact) mass is 375 g/mol. The molecule has 0 bridgehead atoms. The van der Waals surface area contributed by atoms with Crippen LogP contribution in [0, 0.1) is 11.6 Å². The second kappa shape index (κ2) is 7.55. The standard InChI is InChI=1S/C19H19F2N3OS/c1-13(25)24-19(10-5-11-22,14-6-3-2-4-7-14)26-18(23-24)16-12-15(20)8-9-17(16)21/h2-4,6-9,12H,5,10-11,22H2,1H3. The minimum Gasteiger partial charge on any atom is -0.330 e. The highest BCUT2D eigenvalue weighted by Crippen LogP contribution is 2.50. The van der Waals surface area contributed by atoms with E-state index in [1.54, 1.807) is 0 Å². The predicted octanol–water partition coefficient (Wildman–Crippen LogP) is 3.81. The van der Waals surface area contributed by atoms with Crippen LogP contribution in [0.15, 0.2) is 53.6 Å². The van der Waals surface area contributed by atoms with Crippen LogP contribution < -0.4 is 5.73 Å². The summed E-state index contributed by atoms with van der Waals surface area (Å²) in [5.74, 6) is -1.41. The van der Waals surface area contributed by atoms with Gasteiger partial charge in [-0.2, -0.15) is 5.10 Å². The SMILES string of the molecule is CC(=O)N1N=C(c2cc(F)ccc2F)SC1(CCCN)c1ccccc1. The Hall–Kier alpha value is -2.25. The molecule has 0 saturated carbocycles. The van der Waals surface area contributed by atoms with Gasteiger partial charge in [0.05, 0.1) is 0 Å². The van der Waals surface area contributed by atoms with Gasteiger partial charge >= 0.3 is 0 Å². The molecule has 136 valence electrons. The number of rotatable bonds is 5. The summed E-state index contributed by atoms with van der Waals surface area (Å²) >= 11 is 1.26. The van der Waals surface area contributed by atoms with Crippen LogP contribution >= 0.6 is 11.8 Å². The van der Waals surface area contributed by atoms with Crippen molar-refractivity contribution in [1.29, 1.82) is 0 Å². The number of carbonyl (C=O) groups is 1. The van der Waals surface area contributed by atoms with E-state index in [1.165, 1.54) is 23.7 Å². The zero-order chi connectivity index (χ0) is 18.7. The number of carbonyl (C=O) groups excluding carboxylic acids is 1. The third-order valence-electron chi connectivity index (χ3n) is 4.20. The highest BCUT2D eigenvalue weighted by molar-refractivity contribution is 8.15. The first-order valence-corrected chi connectivity index (χ1v) is 9.09. The number of nitrogens with two attached hydrogens (primary N) is 1. The fraction of sp³-hybridized carbons (Fsp3) is 0.263. The lowest BCUT2D eigenvalue weighted by Gasteiger charge is -2.35. The van der Waals surface area contributed by atoms with Crippen molar-refractivity contribution in [2.45, 2.75) is 24.6 Å². The van der Waals surface area contributed by atoms with Crippen molar-refractivity contribution < 1.29 is 13.6 Å². The van der Waals surface area contributed by atoms with E-state index in [0.717, 1.165) is 23.8 Å². The Balaban J connectivity index is 2.11. The molecule has 3 rings (SSSR count). The van der Waals surface area contributed by atoms with Crippen molar-refractivity contribution in [3.05, 3.63) is 71.3 Å². The van der Waals surface area contributed by atoms with Gasteiger partial charge in [0.2, 0.25) is 5.91 Å². The first kappa shape index (κ1) is 18.5. The van der Waals surface area contributed by atoms with Crippen LogP contribution in [-0.4, -0.2) is 22.5 Å². The summed E-state index contributed by atoms with van der Waals surface area (Å²) in [6.45, 7) is 1.86. The lowest BCUT2D eigenvalue weighted by Crippen LogP contribution is -2.40. The molecule has 2 N–H and O–H groups in total. The maximum atomic E-state index is 14.3. The first-order chi connectivity index (χ1) is 12.5. The molecule has 4 nitrogen and oxygen atoms in total. The van der Waals surface area contributed by atoms with Crippen molar-refractivity contribution in [1.82, 2.24) is 5.01 Å². The average Bonchev–Trinajstić information content (AvgIpc) is 3.04. The zero-order valence-electron chi connectivity index (χ0n) is 14.3. The Kier molecular flexibility index (Phi) is 5.38. The molecule has 26 heavy (non-hydrogen) atoms. The van der Waals surface area contributed by atoms with Gasteiger partial charge < -0.3 is 5.73 Å². The van der Waals surface area contributed by atoms with Crippen LogP contribution in [0.1, 0.15) is 30.9 Å². The number of thioether (sulfide) groups is 1. The summed E-state index contributed by atoms with van der Waals surface area (Å²) < 4.78 is 27.9. The van der Waals surface area contributed by atoms with Crippen molar-refractivity contribution in [2.24, 2.45) is 10.8 Å². The molecule has 1 amide bonds. The second-order valence-corrected chi connectivity index (χ2v) is 7.27. The summed E-state index contributed by atoms with van der Waals surface area (Å²) in [5, 5.41) is 6.00. The van der Waals surface area contributed by atoms with E-state index in [1.807, 2.05) is 30.3 Å². The summed E-state index contributed by atoms with van der Waals surface area (Å²) in [6.07, 6.45) is 1.20. The van der Waals surface area contributed by atoms with Crippen LogP contribution in [0.5, 0.6) is 0 Å². The Morgan fingerprint density at radius 2 is 1.96 bits per heavy atom. The molecular weight excluding hydrogens is 356 g/mol. The Morgan fingerprint density at radius 1 is 1.23 bits per heavy atom. The number of amides is 1. The number of halogens is 2. The van der Waals surface area contributed by atoms with Gasteiger partial charge in [-0.25, -0.2) is 13.8 Å². The zero-order valence-corrected chi connectivity index (χ0v) is 15.1. The molecule has 2 aromatic carbocycles. The normalized spacial score (nSPS) is 19.5. The predicted molar refractivity (Wildman–Crippen MR) is 99.4 cm³/mol. The van der Waals surface area contributed by atoms with E-state index in [0.29, 0.717) is 19.4 Å². The van der Waals surface area contributed by atoms with Crippen molar-refractivity contribution >= 4 is 22.7 Å². The minimum atomic E-state index is -0.833. The Morgan fingerprint density at radius 3 is 2.62 bits per heavy atom. The number of hydrogen-bond donors (Lipinski definition) is 1. The third-order valence-corrected chi connectivity index (χ3v) is 5.65. The number of benzene rings is 2. The molecule has 7 heteroatoms. The third kappa shape index (κ3) is 3.37. The highest BCUT2D eigenvalue weighted by atomic mass is 32.2. The maximum absolute atomic E-state index is 14.3. The molecule has 1 aliphatic heterocycles. The van der Waals surface area contributed by atoms with E-state index in [4.69, 9.17) is 5.73 Å². The van der Waals surface area contributed by atoms with Gasteiger partial charge in [0.1, 0.15) is 21.5 Å². The largest absolute Gasteiger partial charge is 0.330 e. The van der Waals surface area contributed by atoms with E-state index in [2.05, 4.69) is 5.10 Å². The summed E-state index contributed by atoms with van der Waals surface area (Å²) in [6, 6.07) is 12.7. The summed E-state index contributed by atoms with van der Waals surface area (Å²) in [4.78, 5) is 11.5. The highest BCUT2D eigenvalue weighted by Gasteiger charge is 2.47. The molecule has 1 aliphatic rings. The first-order valence-electron chi connectivity index (χ1n) is 8.27. The second-order valence-electron chi connectivity index (χ2n) is 6.00. The molecule has 0 aromatic heterocycles. The summed E-state index contributed by atoms with van der Waals surface area (Å²) in [5.41, 5.74) is 6.61. The molecule has 0 saturated heterocycles. The fourth-order valence-corrected chi connectivity index (χ4v) is 4.48. The minimum absolute atomic E-state index is 0.0480. The molecule has 1 atom stereocenters. The van der Waals surface area contributed by atoms with Crippen molar-refractivity contribution in [3.8, 4) is 0 Å². The number of hydrogen-bond acceptors (Lipinski definition) is 4. The molecule has 1 unspecified atom stereocenters. The molecular formula is C19H19F2N3OS. The molecule has 0 aliphatic carbocycles. The van der Waals surface area contributed by atoms with E-state index >= 15 is 0 Å². The van der Waals surface area contributed by atoms with Gasteiger partial charge in [-0.1, -0.05) is 42.1 Å². The maximum Gasteiger partial charge on any atom is 0.241 e. The average molecular weight is 375 g/mol. The van der Waals surface area contributed by atoms with E-state index < -0.39 is 16.5 Å². The lowest BCUT2D eigenvalue weighted by molar-refractivity contribution is -0.132. The van der Waals surface area contributed by atoms with Crippen molar-refractivity contribution in [2.75, 3.05) is 6.54 Å². The van der Waals surface area contributed by atoms with E-state index in [9.17, 15) is 13.6 Å². The quantitative estimate of drug-likeness (QED) is 0.864. The smallest absolute Gasteiger partial charge is 0.241 e. The topological polar surface area (TPSA) is 58.7 Å². The van der Waals surface area contributed by atoms with Crippen LogP contribution in [0.25, 0.3) is 0 Å². The fourth-order valence-electron chi connectivity index (χ4n) is 3.01. The summed E-state index contributed by atoms with van der Waals surface area (Å²) in [7, 11) is 0. The van der Waals surface area contributed by atoms with Gasteiger partial charge in [0, 0.05) is 12.5 Å². The van der Waals surface area contributed by atoms with E-state index in [-0.39, 0.29) is 16.5 Å². The number of nitrogens with zero attached hydrogens (tertiary/aromatic N) is 2. The lowest BCUT2D eigenvalue weighted by atomic mass is 10.0. The van der Waals surface area contributed by atoms with Crippen LogP contribution in [0.3, 0.4) is 0 Å². The van der Waals surface area contributed by atoms with Crippen LogP contribution in [0.2, 0.25) is 0 Å². The van der Waals surface area contributed by atoms with Gasteiger partial charge in [0.25, 0.3) is 0 Å². The Bertz CT molecular complexity index is 844. The van der Waals surface area contributed by atoms with Gasteiger partial charge in [-0.15, -0.1) is 0 Å². The van der Waals surface area contributed by atoms with Crippen LogP contribution in [-0.2, 0) is 9.67 Å². The van der Waals surface area contributed by atoms with Gasteiger partial charge in [0.15, 0.2) is 0 Å². The molecule has 0 fully saturated rings. The van der Waals surface area contributed by atoms with Gasteiger partial charge in [-0.05, 0) is 43.1 Å². The molecule has 1 heterocycles. The Labute approximate surface area is 155 Å².